The van der Waals surface area contributed by atoms with Crippen LogP contribution in [-0.4, -0.2) is 36.1 Å². The molecule has 1 saturated heterocycles. The highest BCUT2D eigenvalue weighted by molar-refractivity contribution is 5.58. The standard InChI is InChI=1S/C12H19N5O2/c1-16(9-3-2-7-14-8-6-9)11-5-4-10(17(18)19)12(13)15-11/h4-5,9,14H,2-3,6-8H2,1H3,(H2,13,15). The lowest BCUT2D eigenvalue weighted by Gasteiger charge is -2.28. The van der Waals surface area contributed by atoms with E-state index in [1.165, 1.54) is 6.07 Å². The lowest BCUT2D eigenvalue weighted by molar-refractivity contribution is -0.384. The van der Waals surface area contributed by atoms with E-state index in [-0.39, 0.29) is 11.5 Å². The van der Waals surface area contributed by atoms with Crippen molar-refractivity contribution < 1.29 is 4.92 Å². The largest absolute Gasteiger partial charge is 0.378 e. The number of hydrogen-bond donors (Lipinski definition) is 2. The molecule has 0 amide bonds. The van der Waals surface area contributed by atoms with Gasteiger partial charge in [-0.1, -0.05) is 0 Å². The zero-order chi connectivity index (χ0) is 13.8. The molecule has 1 aromatic heterocycles. The van der Waals surface area contributed by atoms with E-state index in [0.717, 1.165) is 32.4 Å². The van der Waals surface area contributed by atoms with Gasteiger partial charge in [0, 0.05) is 19.2 Å². The van der Waals surface area contributed by atoms with Gasteiger partial charge in [0.25, 0.3) is 0 Å². The Morgan fingerprint density at radius 2 is 2.26 bits per heavy atom. The average molecular weight is 265 g/mol. The minimum atomic E-state index is -0.512. The third-order valence-electron chi connectivity index (χ3n) is 3.54. The summed E-state index contributed by atoms with van der Waals surface area (Å²) in [5.41, 5.74) is 5.49. The number of nitrogens with two attached hydrogens (primary N) is 1. The van der Waals surface area contributed by atoms with Gasteiger partial charge in [0.15, 0.2) is 0 Å². The quantitative estimate of drug-likeness (QED) is 0.628. The molecule has 2 heterocycles. The number of anilines is 2. The zero-order valence-electron chi connectivity index (χ0n) is 11.0. The molecule has 1 aliphatic heterocycles. The molecular formula is C12H19N5O2. The summed E-state index contributed by atoms with van der Waals surface area (Å²) in [5, 5.41) is 14.1. The number of hydrogen-bond acceptors (Lipinski definition) is 6. The zero-order valence-corrected chi connectivity index (χ0v) is 11.0. The second-order valence-electron chi connectivity index (χ2n) is 4.78. The second kappa shape index (κ2) is 5.83. The fourth-order valence-electron chi connectivity index (χ4n) is 2.38. The molecule has 7 nitrogen and oxygen atoms in total. The molecular weight excluding hydrogens is 246 g/mol. The van der Waals surface area contributed by atoms with Gasteiger partial charge in [-0.3, -0.25) is 10.1 Å². The molecule has 0 radical (unpaired) electrons. The van der Waals surface area contributed by atoms with Crippen molar-refractivity contribution in [1.29, 1.82) is 0 Å². The second-order valence-corrected chi connectivity index (χ2v) is 4.78. The van der Waals surface area contributed by atoms with Gasteiger partial charge >= 0.3 is 5.69 Å². The van der Waals surface area contributed by atoms with E-state index in [1.54, 1.807) is 6.07 Å². The summed E-state index contributed by atoms with van der Waals surface area (Å²) in [5.74, 6) is 0.663. The molecule has 2 rings (SSSR count). The maximum absolute atomic E-state index is 10.7. The van der Waals surface area contributed by atoms with Crippen molar-refractivity contribution >= 4 is 17.3 Å². The Labute approximate surface area is 112 Å². The molecule has 0 aromatic carbocycles. The van der Waals surface area contributed by atoms with Gasteiger partial charge in [0.05, 0.1) is 4.92 Å². The predicted octanol–water partition coefficient (Wildman–Crippen LogP) is 1.15. The van der Waals surface area contributed by atoms with E-state index in [4.69, 9.17) is 5.73 Å². The molecule has 0 spiro atoms. The predicted molar refractivity (Wildman–Crippen MR) is 74.2 cm³/mol. The number of nitrogens with one attached hydrogen (secondary N) is 1. The van der Waals surface area contributed by atoms with Gasteiger partial charge in [0.1, 0.15) is 5.82 Å². The van der Waals surface area contributed by atoms with Crippen LogP contribution in [-0.2, 0) is 0 Å². The topological polar surface area (TPSA) is 97.3 Å². The van der Waals surface area contributed by atoms with Crippen LogP contribution in [0.5, 0.6) is 0 Å². The van der Waals surface area contributed by atoms with Crippen molar-refractivity contribution in [2.75, 3.05) is 30.8 Å². The Morgan fingerprint density at radius 1 is 1.47 bits per heavy atom. The number of nitro groups is 1. The molecule has 1 unspecified atom stereocenters. The van der Waals surface area contributed by atoms with Gasteiger partial charge in [0.2, 0.25) is 5.82 Å². The van der Waals surface area contributed by atoms with E-state index in [9.17, 15) is 10.1 Å². The summed E-state index contributed by atoms with van der Waals surface area (Å²) in [7, 11) is 1.96. The lowest BCUT2D eigenvalue weighted by Crippen LogP contribution is -2.33. The average Bonchev–Trinajstić information content (AvgIpc) is 2.66. The van der Waals surface area contributed by atoms with Gasteiger partial charge in [-0.2, -0.15) is 0 Å². The molecule has 1 atom stereocenters. The molecule has 3 N–H and O–H groups in total. The van der Waals surface area contributed by atoms with Crippen LogP contribution in [0.2, 0.25) is 0 Å². The van der Waals surface area contributed by atoms with Crippen LogP contribution in [0.25, 0.3) is 0 Å². The summed E-state index contributed by atoms with van der Waals surface area (Å²) in [6, 6.07) is 3.47. The summed E-state index contributed by atoms with van der Waals surface area (Å²) in [6.07, 6.45) is 3.24. The first-order valence-corrected chi connectivity index (χ1v) is 6.44. The number of aromatic nitrogens is 1. The van der Waals surface area contributed by atoms with Crippen molar-refractivity contribution in [2.45, 2.75) is 25.3 Å². The number of nitrogens with zero attached hydrogens (tertiary/aromatic N) is 3. The van der Waals surface area contributed by atoms with Crippen molar-refractivity contribution in [3.63, 3.8) is 0 Å². The van der Waals surface area contributed by atoms with Crippen molar-refractivity contribution in [1.82, 2.24) is 10.3 Å². The van der Waals surface area contributed by atoms with Crippen LogP contribution < -0.4 is 16.0 Å². The Hall–Kier alpha value is -1.89. The molecule has 0 bridgehead atoms. The highest BCUT2D eigenvalue weighted by Gasteiger charge is 2.20. The van der Waals surface area contributed by atoms with Gasteiger partial charge in [-0.25, -0.2) is 4.98 Å². The molecule has 1 fully saturated rings. The number of nitrogen functional groups attached to an aromatic ring is 1. The fourth-order valence-corrected chi connectivity index (χ4v) is 2.38. The minimum Gasteiger partial charge on any atom is -0.378 e. The van der Waals surface area contributed by atoms with E-state index in [1.807, 2.05) is 7.05 Å². The lowest BCUT2D eigenvalue weighted by atomic mass is 10.1. The van der Waals surface area contributed by atoms with Crippen molar-refractivity contribution in [3.05, 3.63) is 22.2 Å². The normalized spacial score (nSPS) is 19.7. The SMILES string of the molecule is CN(c1ccc([N+](=O)[O-])c(N)n1)C1CCCNCC1. The maximum Gasteiger partial charge on any atom is 0.311 e. The van der Waals surface area contributed by atoms with E-state index < -0.39 is 4.92 Å². The Bertz CT molecular complexity index is 457. The van der Waals surface area contributed by atoms with Crippen LogP contribution in [0.15, 0.2) is 12.1 Å². The third kappa shape index (κ3) is 3.11. The fraction of sp³-hybridized carbons (Fsp3) is 0.583. The van der Waals surface area contributed by atoms with E-state index >= 15 is 0 Å². The van der Waals surface area contributed by atoms with E-state index in [0.29, 0.717) is 11.9 Å². The highest BCUT2D eigenvalue weighted by Crippen LogP contribution is 2.25. The Kier molecular flexibility index (Phi) is 4.16. The first-order chi connectivity index (χ1) is 9.09. The number of rotatable bonds is 3. The van der Waals surface area contributed by atoms with Crippen LogP contribution in [0.3, 0.4) is 0 Å². The third-order valence-corrected chi connectivity index (χ3v) is 3.54. The molecule has 1 aromatic rings. The Morgan fingerprint density at radius 3 is 2.95 bits per heavy atom. The van der Waals surface area contributed by atoms with Gasteiger partial charge in [-0.05, 0) is 38.4 Å². The van der Waals surface area contributed by atoms with Gasteiger partial charge < -0.3 is 16.0 Å². The van der Waals surface area contributed by atoms with Crippen LogP contribution in [0.1, 0.15) is 19.3 Å². The first kappa shape index (κ1) is 13.5. The maximum atomic E-state index is 10.7. The molecule has 1 aliphatic rings. The van der Waals surface area contributed by atoms with E-state index in [2.05, 4.69) is 15.2 Å². The van der Waals surface area contributed by atoms with Gasteiger partial charge in [-0.15, -0.1) is 0 Å². The van der Waals surface area contributed by atoms with Crippen LogP contribution in [0.4, 0.5) is 17.3 Å². The molecule has 19 heavy (non-hydrogen) atoms. The van der Waals surface area contributed by atoms with Crippen LogP contribution in [0, 0.1) is 10.1 Å². The summed E-state index contributed by atoms with van der Waals surface area (Å²) < 4.78 is 0. The van der Waals surface area contributed by atoms with Crippen molar-refractivity contribution in [3.8, 4) is 0 Å². The first-order valence-electron chi connectivity index (χ1n) is 6.44. The van der Waals surface area contributed by atoms with Crippen molar-refractivity contribution in [2.24, 2.45) is 0 Å². The molecule has 0 saturated carbocycles. The summed E-state index contributed by atoms with van der Waals surface area (Å²) in [6.45, 7) is 2.03. The highest BCUT2D eigenvalue weighted by atomic mass is 16.6. The Balaban J connectivity index is 2.16. The molecule has 104 valence electrons. The molecule has 0 aliphatic carbocycles. The minimum absolute atomic E-state index is 0.0268. The number of pyridine rings is 1. The molecule has 7 heteroatoms. The monoisotopic (exact) mass is 265 g/mol. The van der Waals surface area contributed by atoms with Crippen LogP contribution >= 0.6 is 0 Å². The summed E-state index contributed by atoms with van der Waals surface area (Å²) >= 11 is 0. The summed E-state index contributed by atoms with van der Waals surface area (Å²) in [4.78, 5) is 16.4. The smallest absolute Gasteiger partial charge is 0.311 e.